The molecule has 0 aromatic carbocycles. The van der Waals surface area contributed by atoms with Gasteiger partial charge in [0.25, 0.3) is 0 Å². The third kappa shape index (κ3) is 1.33. The molecule has 0 bridgehead atoms. The van der Waals surface area contributed by atoms with Gasteiger partial charge in [-0.2, -0.15) is 0 Å². The van der Waals surface area contributed by atoms with Gasteiger partial charge in [0.1, 0.15) is 0 Å². The number of halogens is 1. The van der Waals surface area contributed by atoms with E-state index in [-0.39, 0.29) is 10.6 Å². The fourth-order valence-corrected chi connectivity index (χ4v) is 2.16. The summed E-state index contributed by atoms with van der Waals surface area (Å²) in [5.74, 6) is -0.377. The lowest BCUT2D eigenvalue weighted by Crippen LogP contribution is -2.47. The van der Waals surface area contributed by atoms with Crippen molar-refractivity contribution in [1.29, 1.82) is 0 Å². The highest BCUT2D eigenvalue weighted by molar-refractivity contribution is 9.09. The molecule has 0 aromatic rings. The van der Waals surface area contributed by atoms with Crippen molar-refractivity contribution in [2.24, 2.45) is 0 Å². The first kappa shape index (κ1) is 7.98. The van der Waals surface area contributed by atoms with E-state index in [1.54, 1.807) is 0 Å². The quantitative estimate of drug-likeness (QED) is 0.571. The molecule has 0 unspecified atom stereocenters. The maximum atomic E-state index is 5.54. The van der Waals surface area contributed by atoms with E-state index < -0.39 is 0 Å². The Bertz CT molecular complexity index is 145. The van der Waals surface area contributed by atoms with E-state index in [1.807, 2.05) is 0 Å². The van der Waals surface area contributed by atoms with Crippen LogP contribution in [0.15, 0.2) is 0 Å². The molecule has 0 amide bonds. The fourth-order valence-electron chi connectivity index (χ4n) is 1.48. The molecule has 0 N–H and O–H groups in total. The van der Waals surface area contributed by atoms with Crippen LogP contribution in [0, 0.1) is 0 Å². The van der Waals surface area contributed by atoms with Crippen LogP contribution in [0.4, 0.5) is 0 Å². The molecule has 64 valence electrons. The average Bonchev–Trinajstić information content (AvgIpc) is 2.46. The lowest BCUT2D eigenvalue weighted by atomic mass is 10.1. The Kier molecular flexibility index (Phi) is 2.19. The molecule has 11 heavy (non-hydrogen) atoms. The minimum absolute atomic E-state index is 0.186. The van der Waals surface area contributed by atoms with E-state index >= 15 is 0 Å². The van der Waals surface area contributed by atoms with E-state index in [1.165, 1.54) is 0 Å². The predicted octanol–water partition coefficient (Wildman–Crippen LogP) is 0.913. The summed E-state index contributed by atoms with van der Waals surface area (Å²) in [6.45, 7) is 2.84. The molecular formula is C7H11BrO3. The molecule has 0 aliphatic carbocycles. The van der Waals surface area contributed by atoms with Crippen molar-refractivity contribution in [2.45, 2.75) is 17.0 Å². The van der Waals surface area contributed by atoms with Gasteiger partial charge in [-0.05, 0) is 0 Å². The number of hydrogen-bond acceptors (Lipinski definition) is 3. The van der Waals surface area contributed by atoms with Gasteiger partial charge in [-0.25, -0.2) is 0 Å². The fraction of sp³-hybridized carbons (Fsp3) is 1.00. The zero-order valence-electron chi connectivity index (χ0n) is 6.22. The van der Waals surface area contributed by atoms with Gasteiger partial charge in [-0.15, -0.1) is 0 Å². The SMILES string of the molecule is Br[C@H]1COCCC12OCCO2. The first-order valence-electron chi connectivity index (χ1n) is 3.83. The van der Waals surface area contributed by atoms with Crippen molar-refractivity contribution in [3.05, 3.63) is 0 Å². The van der Waals surface area contributed by atoms with E-state index in [0.717, 1.165) is 13.0 Å². The number of alkyl halides is 1. The summed E-state index contributed by atoms with van der Waals surface area (Å²) in [5, 5.41) is 0. The molecule has 0 radical (unpaired) electrons. The Labute approximate surface area is 74.1 Å². The lowest BCUT2D eigenvalue weighted by Gasteiger charge is -2.35. The van der Waals surface area contributed by atoms with E-state index in [2.05, 4.69) is 15.9 Å². The van der Waals surface area contributed by atoms with E-state index in [9.17, 15) is 0 Å². The van der Waals surface area contributed by atoms with Crippen LogP contribution in [0.1, 0.15) is 6.42 Å². The molecule has 2 aliphatic rings. The van der Waals surface area contributed by atoms with Gasteiger partial charge in [0.2, 0.25) is 0 Å². The minimum Gasteiger partial charge on any atom is -0.380 e. The highest BCUT2D eigenvalue weighted by atomic mass is 79.9. The van der Waals surface area contributed by atoms with Crippen LogP contribution < -0.4 is 0 Å². The van der Waals surface area contributed by atoms with Gasteiger partial charge >= 0.3 is 0 Å². The summed E-state index contributed by atoms with van der Waals surface area (Å²) < 4.78 is 16.4. The van der Waals surface area contributed by atoms with Crippen molar-refractivity contribution >= 4 is 15.9 Å². The van der Waals surface area contributed by atoms with Crippen molar-refractivity contribution in [1.82, 2.24) is 0 Å². The lowest BCUT2D eigenvalue weighted by molar-refractivity contribution is -0.195. The van der Waals surface area contributed by atoms with Crippen LogP contribution in [0.3, 0.4) is 0 Å². The average molecular weight is 223 g/mol. The summed E-state index contributed by atoms with van der Waals surface area (Å²) in [7, 11) is 0. The standard InChI is InChI=1S/C7H11BrO3/c8-6-5-9-2-1-7(6)10-3-4-11-7/h6H,1-5H2/t6-/m0/s1. The Morgan fingerprint density at radius 2 is 1.91 bits per heavy atom. The molecule has 0 aromatic heterocycles. The van der Waals surface area contributed by atoms with E-state index in [4.69, 9.17) is 14.2 Å². The van der Waals surface area contributed by atoms with Crippen LogP contribution in [0.2, 0.25) is 0 Å². The molecule has 0 saturated carbocycles. The summed E-state index contributed by atoms with van der Waals surface area (Å²) >= 11 is 3.50. The minimum atomic E-state index is -0.377. The van der Waals surface area contributed by atoms with Crippen LogP contribution in [-0.2, 0) is 14.2 Å². The molecule has 3 nitrogen and oxygen atoms in total. The summed E-state index contributed by atoms with van der Waals surface area (Å²) in [4.78, 5) is 0.186. The van der Waals surface area contributed by atoms with Crippen molar-refractivity contribution in [2.75, 3.05) is 26.4 Å². The number of ether oxygens (including phenoxy) is 3. The summed E-state index contributed by atoms with van der Waals surface area (Å²) in [5.41, 5.74) is 0. The zero-order chi connectivity index (χ0) is 7.73. The predicted molar refractivity (Wildman–Crippen MR) is 42.8 cm³/mol. The van der Waals surface area contributed by atoms with Gasteiger partial charge in [0, 0.05) is 6.42 Å². The topological polar surface area (TPSA) is 27.7 Å². The molecule has 1 atom stereocenters. The molecule has 2 rings (SSSR count). The largest absolute Gasteiger partial charge is 0.380 e. The number of hydrogen-bond donors (Lipinski definition) is 0. The maximum absolute atomic E-state index is 5.54. The smallest absolute Gasteiger partial charge is 0.185 e. The second kappa shape index (κ2) is 3.01. The second-order valence-electron chi connectivity index (χ2n) is 2.80. The molecular weight excluding hydrogens is 212 g/mol. The van der Waals surface area contributed by atoms with Crippen molar-refractivity contribution < 1.29 is 14.2 Å². The summed E-state index contributed by atoms with van der Waals surface area (Å²) in [6, 6.07) is 0. The van der Waals surface area contributed by atoms with Gasteiger partial charge in [0.05, 0.1) is 31.3 Å². The molecule has 1 spiro atoms. The highest BCUT2D eigenvalue weighted by Crippen LogP contribution is 2.34. The second-order valence-corrected chi connectivity index (χ2v) is 3.91. The summed E-state index contributed by atoms with van der Waals surface area (Å²) in [6.07, 6.45) is 0.836. The van der Waals surface area contributed by atoms with Crippen LogP contribution in [0.25, 0.3) is 0 Å². The molecule has 2 saturated heterocycles. The van der Waals surface area contributed by atoms with Gasteiger partial charge in [-0.3, -0.25) is 0 Å². The van der Waals surface area contributed by atoms with Gasteiger partial charge < -0.3 is 14.2 Å². The maximum Gasteiger partial charge on any atom is 0.185 e. The van der Waals surface area contributed by atoms with Crippen LogP contribution in [0.5, 0.6) is 0 Å². The van der Waals surface area contributed by atoms with Crippen LogP contribution >= 0.6 is 15.9 Å². The third-order valence-corrected chi connectivity index (χ3v) is 3.07. The van der Waals surface area contributed by atoms with E-state index in [0.29, 0.717) is 19.8 Å². The van der Waals surface area contributed by atoms with Gasteiger partial charge in [-0.1, -0.05) is 15.9 Å². The first-order valence-corrected chi connectivity index (χ1v) is 4.75. The third-order valence-electron chi connectivity index (χ3n) is 2.11. The van der Waals surface area contributed by atoms with Gasteiger partial charge in [0.15, 0.2) is 5.79 Å². The zero-order valence-corrected chi connectivity index (χ0v) is 7.80. The normalized spacial score (nSPS) is 36.3. The molecule has 2 fully saturated rings. The molecule has 2 aliphatic heterocycles. The van der Waals surface area contributed by atoms with Crippen molar-refractivity contribution in [3.8, 4) is 0 Å². The van der Waals surface area contributed by atoms with Crippen molar-refractivity contribution in [3.63, 3.8) is 0 Å². The first-order chi connectivity index (χ1) is 5.33. The monoisotopic (exact) mass is 222 g/mol. The Morgan fingerprint density at radius 1 is 1.18 bits per heavy atom. The Morgan fingerprint density at radius 3 is 2.55 bits per heavy atom. The molecule has 4 heteroatoms. The molecule has 2 heterocycles. The highest BCUT2D eigenvalue weighted by Gasteiger charge is 2.45. The Hall–Kier alpha value is 0.360. The Balaban J connectivity index is 2.07. The number of rotatable bonds is 0. The van der Waals surface area contributed by atoms with Crippen LogP contribution in [-0.4, -0.2) is 37.0 Å².